The first kappa shape index (κ1) is 20.1. The first-order chi connectivity index (χ1) is 13.5. The number of hydrogen-bond donors (Lipinski definition) is 0. The zero-order chi connectivity index (χ0) is 20.1. The molecular weight excluding hydrogens is 388 g/mol. The van der Waals surface area contributed by atoms with Crippen LogP contribution in [0.2, 0.25) is 0 Å². The van der Waals surface area contributed by atoms with Crippen LogP contribution in [0.25, 0.3) is 0 Å². The lowest BCUT2D eigenvalue weighted by Crippen LogP contribution is -2.28. The SMILES string of the molecule is CCOC(=O)COc1ccccc1C1SCC(=O)N1Cc1cc(F)cc(F)c1. The summed E-state index contributed by atoms with van der Waals surface area (Å²) in [4.78, 5) is 25.5. The van der Waals surface area contributed by atoms with E-state index < -0.39 is 23.0 Å². The van der Waals surface area contributed by atoms with Crippen LogP contribution in [0.15, 0.2) is 42.5 Å². The van der Waals surface area contributed by atoms with Gasteiger partial charge in [-0.3, -0.25) is 4.79 Å². The molecule has 1 aliphatic rings. The van der Waals surface area contributed by atoms with Crippen molar-refractivity contribution in [1.29, 1.82) is 0 Å². The lowest BCUT2D eigenvalue weighted by molar-refractivity contribution is -0.145. The molecule has 148 valence electrons. The predicted octanol–water partition coefficient (Wildman–Crippen LogP) is 3.68. The summed E-state index contributed by atoms with van der Waals surface area (Å²) in [6, 6.07) is 10.3. The van der Waals surface area contributed by atoms with Gasteiger partial charge in [0.05, 0.1) is 12.4 Å². The average molecular weight is 407 g/mol. The van der Waals surface area contributed by atoms with Gasteiger partial charge in [-0.25, -0.2) is 13.6 Å². The molecule has 0 radical (unpaired) electrons. The number of rotatable bonds is 7. The van der Waals surface area contributed by atoms with Crippen molar-refractivity contribution in [2.24, 2.45) is 0 Å². The van der Waals surface area contributed by atoms with Crippen molar-refractivity contribution in [1.82, 2.24) is 4.90 Å². The summed E-state index contributed by atoms with van der Waals surface area (Å²) < 4.78 is 37.5. The summed E-state index contributed by atoms with van der Waals surface area (Å²) >= 11 is 1.39. The minimum Gasteiger partial charge on any atom is -0.482 e. The lowest BCUT2D eigenvalue weighted by Gasteiger charge is -2.26. The molecule has 1 heterocycles. The Morgan fingerprint density at radius 3 is 2.64 bits per heavy atom. The van der Waals surface area contributed by atoms with Crippen LogP contribution in [0, 0.1) is 11.6 Å². The van der Waals surface area contributed by atoms with Crippen molar-refractivity contribution in [2.75, 3.05) is 19.0 Å². The van der Waals surface area contributed by atoms with Crippen LogP contribution in [-0.2, 0) is 20.9 Å². The third-order valence-electron chi connectivity index (χ3n) is 4.08. The third-order valence-corrected chi connectivity index (χ3v) is 5.32. The maximum Gasteiger partial charge on any atom is 0.344 e. The largest absolute Gasteiger partial charge is 0.482 e. The van der Waals surface area contributed by atoms with Crippen LogP contribution in [0.1, 0.15) is 23.4 Å². The Balaban J connectivity index is 1.81. The monoisotopic (exact) mass is 407 g/mol. The van der Waals surface area contributed by atoms with Crippen molar-refractivity contribution in [3.8, 4) is 5.75 Å². The summed E-state index contributed by atoms with van der Waals surface area (Å²) in [5.74, 6) is -1.31. The van der Waals surface area contributed by atoms with E-state index in [1.807, 2.05) is 0 Å². The Labute approximate surface area is 165 Å². The zero-order valence-electron chi connectivity index (χ0n) is 15.2. The maximum absolute atomic E-state index is 13.5. The molecule has 1 amide bonds. The highest BCUT2D eigenvalue weighted by molar-refractivity contribution is 8.00. The van der Waals surface area contributed by atoms with Gasteiger partial charge in [-0.15, -0.1) is 11.8 Å². The molecule has 0 bridgehead atoms. The predicted molar refractivity (Wildman–Crippen MR) is 101 cm³/mol. The second-order valence-corrected chi connectivity index (χ2v) is 7.16. The highest BCUT2D eigenvalue weighted by atomic mass is 32.2. The van der Waals surface area contributed by atoms with Gasteiger partial charge in [0.1, 0.15) is 22.8 Å². The van der Waals surface area contributed by atoms with E-state index in [9.17, 15) is 18.4 Å². The number of thioether (sulfide) groups is 1. The number of ether oxygens (including phenoxy) is 2. The van der Waals surface area contributed by atoms with E-state index in [0.717, 1.165) is 6.07 Å². The van der Waals surface area contributed by atoms with Crippen LogP contribution in [0.5, 0.6) is 5.75 Å². The molecule has 1 fully saturated rings. The molecule has 5 nitrogen and oxygen atoms in total. The molecule has 28 heavy (non-hydrogen) atoms. The topological polar surface area (TPSA) is 55.8 Å². The molecule has 0 N–H and O–H groups in total. The number of amides is 1. The van der Waals surface area contributed by atoms with Crippen molar-refractivity contribution in [2.45, 2.75) is 18.8 Å². The van der Waals surface area contributed by atoms with Crippen LogP contribution < -0.4 is 4.74 Å². The maximum atomic E-state index is 13.5. The number of esters is 1. The van der Waals surface area contributed by atoms with Crippen molar-refractivity contribution in [3.63, 3.8) is 0 Å². The quantitative estimate of drug-likeness (QED) is 0.656. The molecule has 1 atom stereocenters. The van der Waals surface area contributed by atoms with E-state index in [-0.39, 0.29) is 31.4 Å². The van der Waals surface area contributed by atoms with E-state index >= 15 is 0 Å². The summed E-state index contributed by atoms with van der Waals surface area (Å²) in [5, 5.41) is -0.391. The molecule has 0 spiro atoms. The molecule has 0 saturated carbocycles. The zero-order valence-corrected chi connectivity index (χ0v) is 16.0. The van der Waals surface area contributed by atoms with Crippen LogP contribution >= 0.6 is 11.8 Å². The molecule has 2 aromatic rings. The molecule has 0 aliphatic carbocycles. The highest BCUT2D eigenvalue weighted by Crippen LogP contribution is 2.43. The minimum atomic E-state index is -0.691. The van der Waals surface area contributed by atoms with Gasteiger partial charge in [-0.1, -0.05) is 18.2 Å². The minimum absolute atomic E-state index is 0.0669. The molecule has 8 heteroatoms. The average Bonchev–Trinajstić information content (AvgIpc) is 3.00. The second-order valence-electron chi connectivity index (χ2n) is 6.09. The smallest absolute Gasteiger partial charge is 0.344 e. The lowest BCUT2D eigenvalue weighted by atomic mass is 10.1. The Bertz CT molecular complexity index is 857. The van der Waals surface area contributed by atoms with Gasteiger partial charge in [0.15, 0.2) is 6.61 Å². The van der Waals surface area contributed by atoms with Gasteiger partial charge in [-0.05, 0) is 30.7 Å². The Kier molecular flexibility index (Phi) is 6.51. The normalized spacial score (nSPS) is 16.3. The Hall–Kier alpha value is -2.61. The molecule has 1 saturated heterocycles. The van der Waals surface area contributed by atoms with Gasteiger partial charge in [0, 0.05) is 18.2 Å². The molecule has 0 aromatic heterocycles. The molecule has 1 unspecified atom stereocenters. The Morgan fingerprint density at radius 1 is 1.21 bits per heavy atom. The number of para-hydroxylation sites is 1. The summed E-state index contributed by atoms with van der Waals surface area (Å²) in [5.41, 5.74) is 1.07. The fourth-order valence-electron chi connectivity index (χ4n) is 2.94. The van der Waals surface area contributed by atoms with E-state index in [1.165, 1.54) is 23.9 Å². The van der Waals surface area contributed by atoms with Crippen LogP contribution in [0.3, 0.4) is 0 Å². The second kappa shape index (κ2) is 9.05. The van der Waals surface area contributed by atoms with E-state index in [2.05, 4.69) is 0 Å². The molecular formula is C20H19F2NO4S. The van der Waals surface area contributed by atoms with Gasteiger partial charge in [0.2, 0.25) is 5.91 Å². The summed E-state index contributed by atoms with van der Waals surface area (Å²) in [6.45, 7) is 1.79. The summed E-state index contributed by atoms with van der Waals surface area (Å²) in [6.07, 6.45) is 0. The summed E-state index contributed by atoms with van der Waals surface area (Å²) in [7, 11) is 0. The molecule has 3 rings (SSSR count). The van der Waals surface area contributed by atoms with E-state index in [0.29, 0.717) is 16.9 Å². The van der Waals surface area contributed by atoms with Crippen LogP contribution in [-0.4, -0.2) is 35.7 Å². The number of carbonyl (C=O) groups is 2. The highest BCUT2D eigenvalue weighted by Gasteiger charge is 2.34. The standard InChI is InChI=1S/C20H19F2NO4S/c1-2-26-19(25)11-27-17-6-4-3-5-16(17)20-23(18(24)12-28-20)10-13-7-14(21)9-15(22)8-13/h3-9,20H,2,10-12H2,1H3. The van der Waals surface area contributed by atoms with Gasteiger partial charge in [-0.2, -0.15) is 0 Å². The molecule has 1 aliphatic heterocycles. The van der Waals surface area contributed by atoms with Crippen LogP contribution in [0.4, 0.5) is 8.78 Å². The van der Waals surface area contributed by atoms with Crippen molar-refractivity contribution < 1.29 is 27.8 Å². The molecule has 2 aromatic carbocycles. The van der Waals surface area contributed by atoms with E-state index in [4.69, 9.17) is 9.47 Å². The number of nitrogens with zero attached hydrogens (tertiary/aromatic N) is 1. The fourth-order valence-corrected chi connectivity index (χ4v) is 4.15. The first-order valence-corrected chi connectivity index (χ1v) is 9.76. The number of benzene rings is 2. The van der Waals surface area contributed by atoms with E-state index in [1.54, 1.807) is 36.1 Å². The van der Waals surface area contributed by atoms with Crippen molar-refractivity contribution in [3.05, 3.63) is 65.2 Å². The number of hydrogen-bond acceptors (Lipinski definition) is 5. The third kappa shape index (κ3) is 4.81. The van der Waals surface area contributed by atoms with Gasteiger partial charge >= 0.3 is 5.97 Å². The van der Waals surface area contributed by atoms with Crippen molar-refractivity contribution >= 4 is 23.6 Å². The Morgan fingerprint density at radius 2 is 1.93 bits per heavy atom. The number of halogens is 2. The fraction of sp³-hybridized carbons (Fsp3) is 0.300. The van der Waals surface area contributed by atoms with Gasteiger partial charge in [0.25, 0.3) is 0 Å². The number of carbonyl (C=O) groups excluding carboxylic acids is 2. The van der Waals surface area contributed by atoms with Gasteiger partial charge < -0.3 is 14.4 Å². The first-order valence-electron chi connectivity index (χ1n) is 8.71.